The van der Waals surface area contributed by atoms with Gasteiger partial charge in [0.2, 0.25) is 0 Å². The van der Waals surface area contributed by atoms with Crippen molar-refractivity contribution in [2.45, 2.75) is 44.4 Å². The summed E-state index contributed by atoms with van der Waals surface area (Å²) in [6, 6.07) is 3.06. The summed E-state index contributed by atoms with van der Waals surface area (Å²) >= 11 is 0. The van der Waals surface area contributed by atoms with E-state index in [4.69, 9.17) is 9.47 Å². The van der Waals surface area contributed by atoms with Crippen molar-refractivity contribution in [3.05, 3.63) is 33.7 Å². The van der Waals surface area contributed by atoms with Gasteiger partial charge < -0.3 is 19.8 Å². The lowest BCUT2D eigenvalue weighted by Crippen LogP contribution is -2.55. The van der Waals surface area contributed by atoms with Gasteiger partial charge in [0.1, 0.15) is 5.56 Å². The number of amides is 1. The second-order valence-corrected chi connectivity index (χ2v) is 5.66. The van der Waals surface area contributed by atoms with Crippen LogP contribution >= 0.6 is 0 Å². The van der Waals surface area contributed by atoms with E-state index in [0.717, 1.165) is 31.4 Å². The first-order chi connectivity index (χ1) is 10.1. The maximum Gasteiger partial charge on any atom is 0.260 e. The van der Waals surface area contributed by atoms with Crippen LogP contribution in [0.4, 0.5) is 0 Å². The summed E-state index contributed by atoms with van der Waals surface area (Å²) < 4.78 is 11.5. The third-order valence-electron chi connectivity index (χ3n) is 4.18. The van der Waals surface area contributed by atoms with Gasteiger partial charge >= 0.3 is 0 Å². The number of aromatic nitrogens is 1. The highest BCUT2D eigenvalue weighted by Gasteiger charge is 2.46. The third-order valence-corrected chi connectivity index (χ3v) is 4.18. The SMILES string of the molecule is Cc1ccc(C(=O)N[C@H]2CCCCC23OCCO3)c(=O)[nH]1. The van der Waals surface area contributed by atoms with Crippen LogP contribution in [0.5, 0.6) is 0 Å². The fourth-order valence-corrected chi connectivity index (χ4v) is 3.10. The summed E-state index contributed by atoms with van der Waals surface area (Å²) in [5.74, 6) is -1.08. The molecule has 1 aromatic rings. The van der Waals surface area contributed by atoms with Crippen LogP contribution in [0, 0.1) is 6.92 Å². The molecule has 1 spiro atoms. The highest BCUT2D eigenvalue weighted by molar-refractivity contribution is 5.94. The number of hydrogen-bond donors (Lipinski definition) is 2. The quantitative estimate of drug-likeness (QED) is 0.855. The van der Waals surface area contributed by atoms with Crippen LogP contribution in [-0.4, -0.2) is 35.9 Å². The minimum Gasteiger partial charge on any atom is -0.346 e. The minimum atomic E-state index is -0.703. The van der Waals surface area contributed by atoms with Gasteiger partial charge in [-0.1, -0.05) is 6.42 Å². The molecule has 0 bridgehead atoms. The Bertz CT molecular complexity index is 590. The van der Waals surface area contributed by atoms with E-state index in [1.165, 1.54) is 0 Å². The second kappa shape index (κ2) is 5.61. The number of aryl methyl sites for hydroxylation is 1. The highest BCUT2D eigenvalue weighted by atomic mass is 16.7. The van der Waals surface area contributed by atoms with Gasteiger partial charge in [-0.2, -0.15) is 0 Å². The molecule has 1 saturated carbocycles. The molecule has 0 aromatic carbocycles. The van der Waals surface area contributed by atoms with Crippen molar-refractivity contribution in [2.24, 2.45) is 0 Å². The molecular weight excluding hydrogens is 272 g/mol. The van der Waals surface area contributed by atoms with Gasteiger partial charge in [-0.15, -0.1) is 0 Å². The van der Waals surface area contributed by atoms with Crippen molar-refractivity contribution in [2.75, 3.05) is 13.2 Å². The number of ether oxygens (including phenoxy) is 2. The van der Waals surface area contributed by atoms with Crippen LogP contribution in [-0.2, 0) is 9.47 Å². The second-order valence-electron chi connectivity index (χ2n) is 5.66. The Labute approximate surface area is 122 Å². The maximum atomic E-state index is 12.3. The van der Waals surface area contributed by atoms with Crippen LogP contribution in [0.2, 0.25) is 0 Å². The smallest absolute Gasteiger partial charge is 0.260 e. The zero-order valence-corrected chi connectivity index (χ0v) is 12.1. The molecule has 114 valence electrons. The van der Waals surface area contributed by atoms with Crippen LogP contribution in [0.3, 0.4) is 0 Å². The Morgan fingerprint density at radius 3 is 2.81 bits per heavy atom. The van der Waals surface area contributed by atoms with E-state index < -0.39 is 5.79 Å². The van der Waals surface area contributed by atoms with Gasteiger partial charge in [-0.05, 0) is 31.9 Å². The molecule has 1 saturated heterocycles. The zero-order chi connectivity index (χ0) is 14.9. The van der Waals surface area contributed by atoms with Crippen molar-refractivity contribution in [1.29, 1.82) is 0 Å². The molecule has 1 atom stereocenters. The van der Waals surface area contributed by atoms with Gasteiger partial charge in [-0.3, -0.25) is 9.59 Å². The topological polar surface area (TPSA) is 80.4 Å². The monoisotopic (exact) mass is 292 g/mol. The van der Waals surface area contributed by atoms with Crippen molar-refractivity contribution >= 4 is 5.91 Å². The number of nitrogens with one attached hydrogen (secondary N) is 2. The third kappa shape index (κ3) is 2.73. The van der Waals surface area contributed by atoms with Crippen LogP contribution < -0.4 is 10.9 Å². The van der Waals surface area contributed by atoms with Crippen LogP contribution in [0.15, 0.2) is 16.9 Å². The molecule has 2 heterocycles. The first-order valence-electron chi connectivity index (χ1n) is 7.39. The summed E-state index contributed by atoms with van der Waals surface area (Å²) in [5.41, 5.74) is 0.484. The predicted molar refractivity (Wildman–Crippen MR) is 76.2 cm³/mol. The van der Waals surface area contributed by atoms with Gasteiger partial charge in [0.25, 0.3) is 11.5 Å². The van der Waals surface area contributed by atoms with E-state index >= 15 is 0 Å². The molecule has 6 nitrogen and oxygen atoms in total. The molecule has 1 aromatic heterocycles. The number of aromatic amines is 1. The minimum absolute atomic E-state index is 0.124. The van der Waals surface area contributed by atoms with Crippen molar-refractivity contribution in [3.63, 3.8) is 0 Å². The molecule has 2 N–H and O–H groups in total. The lowest BCUT2D eigenvalue weighted by Gasteiger charge is -2.39. The highest BCUT2D eigenvalue weighted by Crippen LogP contribution is 2.36. The van der Waals surface area contributed by atoms with Gasteiger partial charge in [0.05, 0.1) is 19.3 Å². The Kier molecular flexibility index (Phi) is 3.82. The zero-order valence-electron chi connectivity index (χ0n) is 12.1. The average molecular weight is 292 g/mol. The molecule has 1 aliphatic carbocycles. The number of rotatable bonds is 2. The number of carbonyl (C=O) groups excluding carboxylic acids is 1. The standard InChI is InChI=1S/C15H20N2O4/c1-10-5-6-11(13(18)16-10)14(19)17-12-4-2-3-7-15(12)20-8-9-21-15/h5-6,12H,2-4,7-9H2,1H3,(H,16,18)(H,17,19)/t12-/m0/s1. The van der Waals surface area contributed by atoms with E-state index in [2.05, 4.69) is 10.3 Å². The molecule has 0 unspecified atom stereocenters. The number of carbonyl (C=O) groups is 1. The fourth-order valence-electron chi connectivity index (χ4n) is 3.10. The summed E-state index contributed by atoms with van der Waals surface area (Å²) in [5, 5.41) is 2.92. The fraction of sp³-hybridized carbons (Fsp3) is 0.600. The van der Waals surface area contributed by atoms with Crippen LogP contribution in [0.25, 0.3) is 0 Å². The van der Waals surface area contributed by atoms with E-state index in [1.54, 1.807) is 19.1 Å². The predicted octanol–water partition coefficient (Wildman–Crippen LogP) is 1.10. The van der Waals surface area contributed by atoms with Crippen molar-refractivity contribution < 1.29 is 14.3 Å². The van der Waals surface area contributed by atoms with Gasteiger partial charge in [0, 0.05) is 12.1 Å². The lowest BCUT2D eigenvalue weighted by molar-refractivity contribution is -0.192. The molecule has 1 amide bonds. The first-order valence-corrected chi connectivity index (χ1v) is 7.39. The Morgan fingerprint density at radius 2 is 2.10 bits per heavy atom. The molecule has 2 fully saturated rings. The lowest BCUT2D eigenvalue weighted by atomic mass is 9.88. The van der Waals surface area contributed by atoms with E-state index in [-0.39, 0.29) is 23.1 Å². The van der Waals surface area contributed by atoms with Gasteiger partial charge in [-0.25, -0.2) is 0 Å². The van der Waals surface area contributed by atoms with E-state index in [9.17, 15) is 9.59 Å². The Hall–Kier alpha value is -1.66. The number of hydrogen-bond acceptors (Lipinski definition) is 4. The summed E-state index contributed by atoms with van der Waals surface area (Å²) in [6.07, 6.45) is 3.62. The summed E-state index contributed by atoms with van der Waals surface area (Å²) in [4.78, 5) is 26.8. The molecule has 0 radical (unpaired) electrons. The number of pyridine rings is 1. The van der Waals surface area contributed by atoms with E-state index in [0.29, 0.717) is 13.2 Å². The number of H-pyrrole nitrogens is 1. The van der Waals surface area contributed by atoms with Crippen LogP contribution in [0.1, 0.15) is 41.7 Å². The molecular formula is C15H20N2O4. The molecule has 21 heavy (non-hydrogen) atoms. The molecule has 2 aliphatic rings. The maximum absolute atomic E-state index is 12.3. The molecule has 1 aliphatic heterocycles. The Balaban J connectivity index is 1.78. The Morgan fingerprint density at radius 1 is 1.33 bits per heavy atom. The largest absolute Gasteiger partial charge is 0.346 e. The first kappa shape index (κ1) is 14.3. The average Bonchev–Trinajstić information content (AvgIpc) is 2.90. The summed E-state index contributed by atoms with van der Waals surface area (Å²) in [6.45, 7) is 2.88. The van der Waals surface area contributed by atoms with Crippen molar-refractivity contribution in [1.82, 2.24) is 10.3 Å². The summed E-state index contributed by atoms with van der Waals surface area (Å²) in [7, 11) is 0. The van der Waals surface area contributed by atoms with Crippen molar-refractivity contribution in [3.8, 4) is 0 Å². The molecule has 3 rings (SSSR count). The van der Waals surface area contributed by atoms with E-state index in [1.807, 2.05) is 0 Å². The molecule has 6 heteroatoms. The van der Waals surface area contributed by atoms with Gasteiger partial charge in [0.15, 0.2) is 5.79 Å². The normalized spacial score (nSPS) is 24.1.